The summed E-state index contributed by atoms with van der Waals surface area (Å²) in [7, 11) is 1.88. The molecular weight excluding hydrogens is 397 g/mol. The van der Waals surface area contributed by atoms with Gasteiger partial charge in [-0.05, 0) is 43.3 Å². The Labute approximate surface area is 176 Å². The van der Waals surface area contributed by atoms with Crippen LogP contribution in [0.25, 0.3) is 0 Å². The number of carbonyl (C=O) groups excluding carboxylic acids is 2. The molecule has 1 aliphatic heterocycles. The lowest BCUT2D eigenvalue weighted by molar-refractivity contribution is -0.126. The zero-order valence-electron chi connectivity index (χ0n) is 15.8. The van der Waals surface area contributed by atoms with E-state index in [9.17, 15) is 9.59 Å². The molecule has 2 amide bonds. The highest BCUT2D eigenvalue weighted by molar-refractivity contribution is 6.33. The predicted octanol–water partition coefficient (Wildman–Crippen LogP) is 3.05. The van der Waals surface area contributed by atoms with Crippen molar-refractivity contribution in [1.82, 2.24) is 15.5 Å². The third-order valence-electron chi connectivity index (χ3n) is 4.82. The average molecular weight is 422 g/mol. The highest BCUT2D eigenvalue weighted by Crippen LogP contribution is 2.27. The first-order valence-corrected chi connectivity index (χ1v) is 9.54. The number of carbonyl (C=O) groups is 2. The van der Waals surface area contributed by atoms with Gasteiger partial charge in [-0.15, -0.1) is 12.4 Å². The fourth-order valence-electron chi connectivity index (χ4n) is 3.35. The Morgan fingerprint density at radius 2 is 1.75 bits per heavy atom. The first-order chi connectivity index (χ1) is 13.1. The van der Waals surface area contributed by atoms with E-state index >= 15 is 0 Å². The molecule has 0 aliphatic carbocycles. The minimum Gasteiger partial charge on any atom is -0.354 e. The molecule has 0 fully saturated rings. The van der Waals surface area contributed by atoms with Crippen molar-refractivity contribution in [3.05, 3.63) is 70.2 Å². The highest BCUT2D eigenvalue weighted by Gasteiger charge is 2.35. The number of fused-ring (bicyclic) bond motifs is 1. The van der Waals surface area contributed by atoms with Gasteiger partial charge in [-0.3, -0.25) is 9.59 Å². The zero-order valence-corrected chi connectivity index (χ0v) is 17.4. The zero-order chi connectivity index (χ0) is 19.2. The van der Waals surface area contributed by atoms with Crippen molar-refractivity contribution in [2.45, 2.75) is 25.4 Å². The molecule has 0 saturated heterocycles. The van der Waals surface area contributed by atoms with E-state index in [1.807, 2.05) is 31.3 Å². The number of hydrogen-bond acceptors (Lipinski definition) is 3. The van der Waals surface area contributed by atoms with Crippen LogP contribution in [0.15, 0.2) is 48.5 Å². The number of rotatable bonds is 6. The predicted molar refractivity (Wildman–Crippen MR) is 114 cm³/mol. The van der Waals surface area contributed by atoms with Crippen LogP contribution in [0.3, 0.4) is 0 Å². The van der Waals surface area contributed by atoms with Crippen LogP contribution >= 0.6 is 24.0 Å². The molecule has 2 aromatic rings. The lowest BCUT2D eigenvalue weighted by Gasteiger charge is -2.36. The van der Waals surface area contributed by atoms with Gasteiger partial charge in [0, 0.05) is 19.5 Å². The number of benzene rings is 2. The lowest BCUT2D eigenvalue weighted by atomic mass is 9.92. The van der Waals surface area contributed by atoms with Crippen LogP contribution in [0.4, 0.5) is 0 Å². The summed E-state index contributed by atoms with van der Waals surface area (Å²) >= 11 is 6.23. The van der Waals surface area contributed by atoms with Gasteiger partial charge in [0.25, 0.3) is 5.91 Å². The van der Waals surface area contributed by atoms with E-state index in [1.54, 1.807) is 29.2 Å². The molecule has 0 bridgehead atoms. The van der Waals surface area contributed by atoms with Crippen molar-refractivity contribution in [2.24, 2.45) is 0 Å². The van der Waals surface area contributed by atoms with Crippen molar-refractivity contribution in [2.75, 3.05) is 20.1 Å². The second kappa shape index (κ2) is 10.5. The molecule has 2 aromatic carbocycles. The van der Waals surface area contributed by atoms with Crippen molar-refractivity contribution < 1.29 is 9.59 Å². The Balaban J connectivity index is 0.00000280. The Morgan fingerprint density at radius 1 is 1.07 bits per heavy atom. The van der Waals surface area contributed by atoms with Gasteiger partial charge in [0.05, 0.1) is 10.6 Å². The molecule has 3 rings (SSSR count). The maximum absolute atomic E-state index is 13.2. The van der Waals surface area contributed by atoms with E-state index < -0.39 is 6.04 Å². The molecule has 0 aromatic heterocycles. The van der Waals surface area contributed by atoms with Gasteiger partial charge in [0.2, 0.25) is 5.91 Å². The molecular formula is C21H25Cl2N3O2. The van der Waals surface area contributed by atoms with Crippen LogP contribution in [0.2, 0.25) is 5.02 Å². The molecule has 150 valence electrons. The molecule has 0 radical (unpaired) electrons. The summed E-state index contributed by atoms with van der Waals surface area (Å²) in [6.07, 6.45) is 1.34. The minimum absolute atomic E-state index is 0. The number of nitrogens with zero attached hydrogens (tertiary/aromatic N) is 1. The topological polar surface area (TPSA) is 61.4 Å². The SMILES string of the molecule is CNCCCNC(=O)C1Cc2ccccc2CN1C(=O)c1ccccc1Cl.Cl. The third kappa shape index (κ3) is 5.04. The van der Waals surface area contributed by atoms with Gasteiger partial charge in [-0.25, -0.2) is 0 Å². The molecule has 7 heteroatoms. The summed E-state index contributed by atoms with van der Waals surface area (Å²) < 4.78 is 0. The summed E-state index contributed by atoms with van der Waals surface area (Å²) in [5.41, 5.74) is 2.60. The third-order valence-corrected chi connectivity index (χ3v) is 5.15. The van der Waals surface area contributed by atoms with E-state index in [0.29, 0.717) is 30.1 Å². The summed E-state index contributed by atoms with van der Waals surface area (Å²) in [6.45, 7) is 1.80. The Kier molecular flexibility index (Phi) is 8.30. The Bertz CT molecular complexity index is 829. The normalized spacial score (nSPS) is 15.4. The van der Waals surface area contributed by atoms with Crippen molar-refractivity contribution in [1.29, 1.82) is 0 Å². The lowest BCUT2D eigenvalue weighted by Crippen LogP contribution is -2.52. The Hall–Kier alpha value is -2.08. The van der Waals surface area contributed by atoms with Crippen LogP contribution in [0.5, 0.6) is 0 Å². The van der Waals surface area contributed by atoms with Gasteiger partial charge < -0.3 is 15.5 Å². The van der Waals surface area contributed by atoms with Gasteiger partial charge in [0.1, 0.15) is 6.04 Å². The molecule has 28 heavy (non-hydrogen) atoms. The number of hydrogen-bond donors (Lipinski definition) is 2. The highest BCUT2D eigenvalue weighted by atomic mass is 35.5. The van der Waals surface area contributed by atoms with Crippen LogP contribution < -0.4 is 10.6 Å². The van der Waals surface area contributed by atoms with Crippen LogP contribution in [0.1, 0.15) is 27.9 Å². The van der Waals surface area contributed by atoms with E-state index in [2.05, 4.69) is 10.6 Å². The van der Waals surface area contributed by atoms with E-state index in [1.165, 1.54) is 0 Å². The summed E-state index contributed by atoms with van der Waals surface area (Å²) in [4.78, 5) is 27.7. The van der Waals surface area contributed by atoms with Gasteiger partial charge in [0.15, 0.2) is 0 Å². The molecule has 2 N–H and O–H groups in total. The molecule has 1 heterocycles. The Morgan fingerprint density at radius 3 is 2.46 bits per heavy atom. The summed E-state index contributed by atoms with van der Waals surface area (Å²) in [6, 6.07) is 14.4. The monoisotopic (exact) mass is 421 g/mol. The summed E-state index contributed by atoms with van der Waals surface area (Å²) in [5, 5.41) is 6.42. The second-order valence-corrected chi connectivity index (χ2v) is 7.06. The standard InChI is InChI=1S/C21H24ClN3O2.ClH/c1-23-11-6-12-24-20(26)19-13-15-7-2-3-8-16(15)14-25(19)21(27)17-9-4-5-10-18(17)22;/h2-5,7-10,19,23H,6,11-14H2,1H3,(H,24,26);1H. The molecule has 5 nitrogen and oxygen atoms in total. The van der Waals surface area contributed by atoms with Crippen LogP contribution in [0, 0.1) is 0 Å². The van der Waals surface area contributed by atoms with Gasteiger partial charge in [-0.1, -0.05) is 48.0 Å². The van der Waals surface area contributed by atoms with Gasteiger partial charge >= 0.3 is 0 Å². The molecule has 1 atom stereocenters. The molecule has 0 saturated carbocycles. The maximum atomic E-state index is 13.2. The summed E-state index contributed by atoms with van der Waals surface area (Å²) in [5.74, 6) is -0.341. The largest absolute Gasteiger partial charge is 0.354 e. The fraction of sp³-hybridized carbons (Fsp3) is 0.333. The van der Waals surface area contributed by atoms with E-state index in [0.717, 1.165) is 24.1 Å². The first kappa shape index (κ1) is 22.2. The average Bonchev–Trinajstić information content (AvgIpc) is 2.70. The first-order valence-electron chi connectivity index (χ1n) is 9.16. The number of nitrogens with one attached hydrogen (secondary N) is 2. The number of halogens is 2. The molecule has 1 unspecified atom stereocenters. The van der Waals surface area contributed by atoms with Crippen molar-refractivity contribution in [3.63, 3.8) is 0 Å². The fourth-order valence-corrected chi connectivity index (χ4v) is 3.57. The van der Waals surface area contributed by atoms with Crippen molar-refractivity contribution in [3.8, 4) is 0 Å². The maximum Gasteiger partial charge on any atom is 0.256 e. The van der Waals surface area contributed by atoms with E-state index in [-0.39, 0.29) is 24.2 Å². The quantitative estimate of drug-likeness (QED) is 0.704. The van der Waals surface area contributed by atoms with Gasteiger partial charge in [-0.2, -0.15) is 0 Å². The van der Waals surface area contributed by atoms with Crippen LogP contribution in [-0.2, 0) is 17.8 Å². The molecule has 1 aliphatic rings. The smallest absolute Gasteiger partial charge is 0.256 e. The second-order valence-electron chi connectivity index (χ2n) is 6.65. The number of amides is 2. The van der Waals surface area contributed by atoms with E-state index in [4.69, 9.17) is 11.6 Å². The minimum atomic E-state index is -0.543. The van der Waals surface area contributed by atoms with Crippen LogP contribution in [-0.4, -0.2) is 42.9 Å². The molecule has 0 spiro atoms. The van der Waals surface area contributed by atoms with Crippen molar-refractivity contribution >= 4 is 35.8 Å².